The van der Waals surface area contributed by atoms with E-state index in [1.165, 1.54) is 0 Å². The Bertz CT molecular complexity index is 1260. The smallest absolute Gasteiger partial charge is 0.164 e. The Morgan fingerprint density at radius 1 is 0.387 bits per heavy atom. The molecule has 0 atom stereocenters. The van der Waals surface area contributed by atoms with Gasteiger partial charge < -0.3 is 0 Å². The first-order valence-corrected chi connectivity index (χ1v) is 10.8. The van der Waals surface area contributed by atoms with E-state index in [0.717, 1.165) is 32.3 Å². The number of halogens is 1. The van der Waals surface area contributed by atoms with Crippen LogP contribution >= 0.6 is 15.9 Å². The molecule has 1 heterocycles. The summed E-state index contributed by atoms with van der Waals surface area (Å²) in [6.07, 6.45) is 0. The minimum absolute atomic E-state index is 0.661. The summed E-state index contributed by atoms with van der Waals surface area (Å²) in [5.41, 5.74) is 5.19. The van der Waals surface area contributed by atoms with Gasteiger partial charge in [0.2, 0.25) is 0 Å². The molecule has 31 heavy (non-hydrogen) atoms. The molecule has 0 saturated heterocycles. The van der Waals surface area contributed by atoms with E-state index < -0.39 is 0 Å². The second-order valence-electron chi connectivity index (χ2n) is 7.13. The third-order valence-electron chi connectivity index (χ3n) is 5.00. The molecule has 0 bridgehead atoms. The third-order valence-corrected chi connectivity index (χ3v) is 5.49. The zero-order valence-corrected chi connectivity index (χ0v) is 18.2. The summed E-state index contributed by atoms with van der Waals surface area (Å²) in [6.45, 7) is 0. The van der Waals surface area contributed by atoms with Crippen molar-refractivity contribution in [3.05, 3.63) is 114 Å². The van der Waals surface area contributed by atoms with Crippen molar-refractivity contribution in [2.75, 3.05) is 0 Å². The van der Waals surface area contributed by atoms with Crippen molar-refractivity contribution in [3.8, 4) is 45.3 Å². The lowest BCUT2D eigenvalue weighted by molar-refractivity contribution is 1.07. The molecule has 0 spiro atoms. The molecule has 0 aliphatic rings. The first-order valence-electron chi connectivity index (χ1n) is 9.99. The highest BCUT2D eigenvalue weighted by Crippen LogP contribution is 2.28. The molecule has 0 unspecified atom stereocenters. The highest BCUT2D eigenvalue weighted by atomic mass is 79.9. The lowest BCUT2D eigenvalue weighted by Crippen LogP contribution is -2.00. The third kappa shape index (κ3) is 4.30. The van der Waals surface area contributed by atoms with E-state index in [4.69, 9.17) is 15.0 Å². The Hall–Kier alpha value is -3.63. The second kappa shape index (κ2) is 8.62. The van der Waals surface area contributed by atoms with Gasteiger partial charge in [-0.15, -0.1) is 0 Å². The summed E-state index contributed by atoms with van der Waals surface area (Å²) >= 11 is 3.54. The van der Waals surface area contributed by atoms with Gasteiger partial charge in [-0.1, -0.05) is 113 Å². The largest absolute Gasteiger partial charge is 0.208 e. The van der Waals surface area contributed by atoms with Gasteiger partial charge in [-0.05, 0) is 23.3 Å². The highest BCUT2D eigenvalue weighted by Gasteiger charge is 2.12. The van der Waals surface area contributed by atoms with Crippen LogP contribution in [0.25, 0.3) is 45.3 Å². The summed E-state index contributed by atoms with van der Waals surface area (Å²) in [6, 6.07) is 36.6. The molecule has 1 aromatic heterocycles. The number of aromatic nitrogens is 3. The maximum atomic E-state index is 4.79. The van der Waals surface area contributed by atoms with Crippen molar-refractivity contribution in [2.45, 2.75) is 0 Å². The fourth-order valence-electron chi connectivity index (χ4n) is 3.42. The molecule has 4 heteroatoms. The monoisotopic (exact) mass is 463 g/mol. The van der Waals surface area contributed by atoms with E-state index in [2.05, 4.69) is 52.3 Å². The standard InChI is InChI=1S/C27H18BrN3/c28-24-13-7-12-23(18-24)19-14-16-22(17-15-19)27-30-25(20-8-3-1-4-9-20)29-26(31-27)21-10-5-2-6-11-21/h1-18H. The molecular weight excluding hydrogens is 446 g/mol. The van der Waals surface area contributed by atoms with E-state index in [1.54, 1.807) is 0 Å². The fourth-order valence-corrected chi connectivity index (χ4v) is 3.82. The molecule has 3 nitrogen and oxygen atoms in total. The van der Waals surface area contributed by atoms with Crippen LogP contribution < -0.4 is 0 Å². The number of rotatable bonds is 4. The van der Waals surface area contributed by atoms with E-state index in [-0.39, 0.29) is 0 Å². The van der Waals surface area contributed by atoms with Crippen molar-refractivity contribution in [3.63, 3.8) is 0 Å². The topological polar surface area (TPSA) is 38.7 Å². The van der Waals surface area contributed by atoms with Crippen molar-refractivity contribution in [1.82, 2.24) is 15.0 Å². The van der Waals surface area contributed by atoms with Crippen LogP contribution in [0.2, 0.25) is 0 Å². The zero-order valence-electron chi connectivity index (χ0n) is 16.6. The Kier molecular flexibility index (Phi) is 5.38. The second-order valence-corrected chi connectivity index (χ2v) is 8.04. The fraction of sp³-hybridized carbons (Fsp3) is 0. The molecule has 5 aromatic rings. The highest BCUT2D eigenvalue weighted by molar-refractivity contribution is 9.10. The van der Waals surface area contributed by atoms with Crippen LogP contribution in [0.15, 0.2) is 114 Å². The predicted molar refractivity (Wildman–Crippen MR) is 129 cm³/mol. The Morgan fingerprint density at radius 2 is 0.806 bits per heavy atom. The Labute approximate surface area is 189 Å². The van der Waals surface area contributed by atoms with Gasteiger partial charge in [-0.2, -0.15) is 0 Å². The minimum Gasteiger partial charge on any atom is -0.208 e. The molecule has 4 aromatic carbocycles. The zero-order chi connectivity index (χ0) is 21.0. The lowest BCUT2D eigenvalue weighted by atomic mass is 10.0. The Balaban J connectivity index is 1.59. The number of hydrogen-bond donors (Lipinski definition) is 0. The summed E-state index contributed by atoms with van der Waals surface area (Å²) in [4.78, 5) is 14.3. The van der Waals surface area contributed by atoms with E-state index in [9.17, 15) is 0 Å². The maximum Gasteiger partial charge on any atom is 0.164 e. The van der Waals surface area contributed by atoms with Crippen LogP contribution in [-0.4, -0.2) is 15.0 Å². The molecule has 0 amide bonds. The van der Waals surface area contributed by atoms with Crippen LogP contribution in [0.1, 0.15) is 0 Å². The normalized spacial score (nSPS) is 10.7. The van der Waals surface area contributed by atoms with Crippen molar-refractivity contribution in [1.29, 1.82) is 0 Å². The molecule has 0 aliphatic carbocycles. The molecule has 0 N–H and O–H groups in total. The molecule has 5 rings (SSSR count). The molecule has 0 radical (unpaired) electrons. The van der Waals surface area contributed by atoms with Gasteiger partial charge >= 0.3 is 0 Å². The average molecular weight is 464 g/mol. The molecule has 0 fully saturated rings. The first-order chi connectivity index (χ1) is 15.3. The van der Waals surface area contributed by atoms with Gasteiger partial charge in [0.1, 0.15) is 0 Å². The van der Waals surface area contributed by atoms with Crippen LogP contribution in [0.3, 0.4) is 0 Å². The molecule has 148 valence electrons. The van der Waals surface area contributed by atoms with Gasteiger partial charge in [0.25, 0.3) is 0 Å². The molecule has 0 saturated carbocycles. The summed E-state index contributed by atoms with van der Waals surface area (Å²) < 4.78 is 1.06. The van der Waals surface area contributed by atoms with E-state index in [0.29, 0.717) is 17.5 Å². The number of hydrogen-bond acceptors (Lipinski definition) is 3. The minimum atomic E-state index is 0.661. The van der Waals surface area contributed by atoms with Gasteiger partial charge in [0.05, 0.1) is 0 Å². The summed E-state index contributed by atoms with van der Waals surface area (Å²) in [7, 11) is 0. The van der Waals surface area contributed by atoms with Crippen LogP contribution in [0.5, 0.6) is 0 Å². The predicted octanol–water partition coefficient (Wildman–Crippen LogP) is 7.30. The van der Waals surface area contributed by atoms with Crippen molar-refractivity contribution < 1.29 is 0 Å². The van der Waals surface area contributed by atoms with Crippen LogP contribution in [0.4, 0.5) is 0 Å². The van der Waals surface area contributed by atoms with Crippen LogP contribution in [0, 0.1) is 0 Å². The molecule has 0 aliphatic heterocycles. The SMILES string of the molecule is Brc1cccc(-c2ccc(-c3nc(-c4ccccc4)nc(-c4ccccc4)n3)cc2)c1. The summed E-state index contributed by atoms with van der Waals surface area (Å²) in [5, 5.41) is 0. The Morgan fingerprint density at radius 3 is 1.29 bits per heavy atom. The number of benzene rings is 4. The maximum absolute atomic E-state index is 4.79. The average Bonchev–Trinajstić information content (AvgIpc) is 2.85. The van der Waals surface area contributed by atoms with Crippen molar-refractivity contribution >= 4 is 15.9 Å². The van der Waals surface area contributed by atoms with Gasteiger partial charge in [-0.25, -0.2) is 15.0 Å². The quantitative estimate of drug-likeness (QED) is 0.280. The van der Waals surface area contributed by atoms with Crippen molar-refractivity contribution in [2.24, 2.45) is 0 Å². The van der Waals surface area contributed by atoms with E-state index in [1.807, 2.05) is 72.8 Å². The summed E-state index contributed by atoms with van der Waals surface area (Å²) in [5.74, 6) is 1.99. The lowest BCUT2D eigenvalue weighted by Gasteiger charge is -2.09. The van der Waals surface area contributed by atoms with Gasteiger partial charge in [0, 0.05) is 21.2 Å². The van der Waals surface area contributed by atoms with Gasteiger partial charge in [0.15, 0.2) is 17.5 Å². The van der Waals surface area contributed by atoms with Gasteiger partial charge in [-0.3, -0.25) is 0 Å². The molecular formula is C27H18BrN3. The first kappa shape index (κ1) is 19.3. The van der Waals surface area contributed by atoms with E-state index >= 15 is 0 Å². The van der Waals surface area contributed by atoms with Crippen LogP contribution in [-0.2, 0) is 0 Å². The number of nitrogens with zero attached hydrogens (tertiary/aromatic N) is 3.